The first kappa shape index (κ1) is 14.1. The van der Waals surface area contributed by atoms with E-state index in [1.54, 1.807) is 12.4 Å². The summed E-state index contributed by atoms with van der Waals surface area (Å²) in [5, 5.41) is 8.67. The topological polar surface area (TPSA) is 64.5 Å². The van der Waals surface area contributed by atoms with Crippen molar-refractivity contribution in [3.05, 3.63) is 79.1 Å². The first-order chi connectivity index (χ1) is 11.9. The molecule has 0 radical (unpaired) electrons. The second-order valence-corrected chi connectivity index (χ2v) is 5.13. The number of pyridine rings is 2. The van der Waals surface area contributed by atoms with Crippen LogP contribution >= 0.6 is 0 Å². The van der Waals surface area contributed by atoms with E-state index in [4.69, 9.17) is 4.98 Å². The molecule has 0 fully saturated rings. The van der Waals surface area contributed by atoms with Crippen LogP contribution in [0.4, 0.5) is 0 Å². The van der Waals surface area contributed by atoms with Crippen LogP contribution in [-0.2, 0) is 0 Å². The van der Waals surface area contributed by atoms with E-state index in [0.717, 1.165) is 17.0 Å². The molecular weight excluding hydrogens is 298 g/mol. The van der Waals surface area contributed by atoms with Gasteiger partial charge in [-0.15, -0.1) is 10.2 Å². The zero-order valence-corrected chi connectivity index (χ0v) is 12.7. The van der Waals surface area contributed by atoms with Gasteiger partial charge in [0.05, 0.1) is 11.4 Å². The highest BCUT2D eigenvalue weighted by Gasteiger charge is 2.15. The number of rotatable bonds is 3. The van der Waals surface area contributed by atoms with Crippen LogP contribution < -0.4 is 0 Å². The SMILES string of the molecule is c1ccc(-c2nnc(-c3ccccn3)c(-c3ccccn3)n2)cc1. The molecule has 0 amide bonds. The molecule has 4 rings (SSSR count). The summed E-state index contributed by atoms with van der Waals surface area (Å²) < 4.78 is 0. The maximum absolute atomic E-state index is 4.71. The summed E-state index contributed by atoms with van der Waals surface area (Å²) in [5.41, 5.74) is 3.66. The Morgan fingerprint density at radius 3 is 1.79 bits per heavy atom. The molecule has 1 aromatic carbocycles. The highest BCUT2D eigenvalue weighted by molar-refractivity contribution is 5.74. The standard InChI is InChI=1S/C19H13N5/c1-2-8-14(9-3-1)19-22-17(15-10-4-6-12-20-15)18(23-24-19)16-11-5-7-13-21-16/h1-13H. The number of hydrogen-bond acceptors (Lipinski definition) is 5. The van der Waals surface area contributed by atoms with Gasteiger partial charge in [-0.1, -0.05) is 42.5 Å². The Kier molecular flexibility index (Phi) is 3.73. The van der Waals surface area contributed by atoms with Crippen LogP contribution in [-0.4, -0.2) is 25.1 Å². The van der Waals surface area contributed by atoms with Gasteiger partial charge in [0.25, 0.3) is 0 Å². The lowest BCUT2D eigenvalue weighted by Crippen LogP contribution is -2.01. The normalized spacial score (nSPS) is 10.5. The fourth-order valence-corrected chi connectivity index (χ4v) is 2.39. The van der Waals surface area contributed by atoms with Gasteiger partial charge >= 0.3 is 0 Å². The Morgan fingerprint density at radius 2 is 1.17 bits per heavy atom. The zero-order chi connectivity index (χ0) is 16.2. The predicted molar refractivity (Wildman–Crippen MR) is 91.7 cm³/mol. The van der Waals surface area contributed by atoms with Gasteiger partial charge in [0.1, 0.15) is 11.4 Å². The number of nitrogens with zero attached hydrogens (tertiary/aromatic N) is 5. The molecular formula is C19H13N5. The molecule has 0 atom stereocenters. The van der Waals surface area contributed by atoms with E-state index in [1.165, 1.54) is 0 Å². The molecule has 5 heteroatoms. The molecule has 0 aliphatic carbocycles. The Morgan fingerprint density at radius 1 is 0.542 bits per heavy atom. The van der Waals surface area contributed by atoms with Gasteiger partial charge in [-0.05, 0) is 24.3 Å². The lowest BCUT2D eigenvalue weighted by molar-refractivity contribution is 0.980. The fraction of sp³-hybridized carbons (Fsp3) is 0. The smallest absolute Gasteiger partial charge is 0.182 e. The van der Waals surface area contributed by atoms with Gasteiger partial charge in [0, 0.05) is 18.0 Å². The number of benzene rings is 1. The lowest BCUT2D eigenvalue weighted by Gasteiger charge is -2.08. The van der Waals surface area contributed by atoms with E-state index in [1.807, 2.05) is 66.7 Å². The summed E-state index contributed by atoms with van der Waals surface area (Å²) in [7, 11) is 0. The van der Waals surface area contributed by atoms with Crippen molar-refractivity contribution in [3.8, 4) is 34.2 Å². The molecule has 0 aliphatic rings. The molecule has 114 valence electrons. The highest BCUT2D eigenvalue weighted by atomic mass is 15.2. The minimum Gasteiger partial charge on any atom is -0.255 e. The highest BCUT2D eigenvalue weighted by Crippen LogP contribution is 2.27. The van der Waals surface area contributed by atoms with Crippen molar-refractivity contribution >= 4 is 0 Å². The van der Waals surface area contributed by atoms with Crippen molar-refractivity contribution < 1.29 is 0 Å². The maximum Gasteiger partial charge on any atom is 0.182 e. The van der Waals surface area contributed by atoms with Crippen LogP contribution in [0.1, 0.15) is 0 Å². The van der Waals surface area contributed by atoms with E-state index in [9.17, 15) is 0 Å². The Labute approximate surface area is 139 Å². The summed E-state index contributed by atoms with van der Waals surface area (Å²) in [4.78, 5) is 13.5. The van der Waals surface area contributed by atoms with Crippen LogP contribution in [0.5, 0.6) is 0 Å². The van der Waals surface area contributed by atoms with Gasteiger partial charge in [0.15, 0.2) is 5.82 Å². The molecule has 24 heavy (non-hydrogen) atoms. The first-order valence-corrected chi connectivity index (χ1v) is 7.55. The average Bonchev–Trinajstić information content (AvgIpc) is 2.69. The quantitative estimate of drug-likeness (QED) is 0.577. The zero-order valence-electron chi connectivity index (χ0n) is 12.7. The van der Waals surface area contributed by atoms with Gasteiger partial charge < -0.3 is 0 Å². The monoisotopic (exact) mass is 311 g/mol. The van der Waals surface area contributed by atoms with E-state index >= 15 is 0 Å². The Balaban J connectivity index is 1.92. The van der Waals surface area contributed by atoms with Crippen molar-refractivity contribution in [2.45, 2.75) is 0 Å². The average molecular weight is 311 g/mol. The van der Waals surface area contributed by atoms with Crippen LogP contribution in [0.3, 0.4) is 0 Å². The Hall–Kier alpha value is -3.47. The molecule has 3 heterocycles. The molecule has 0 aliphatic heterocycles. The second kappa shape index (κ2) is 6.34. The number of hydrogen-bond donors (Lipinski definition) is 0. The van der Waals surface area contributed by atoms with E-state index in [0.29, 0.717) is 17.2 Å². The summed E-state index contributed by atoms with van der Waals surface area (Å²) in [6.45, 7) is 0. The fourth-order valence-electron chi connectivity index (χ4n) is 2.39. The summed E-state index contributed by atoms with van der Waals surface area (Å²) in [6.07, 6.45) is 3.46. The third-order valence-corrected chi connectivity index (χ3v) is 3.53. The third-order valence-electron chi connectivity index (χ3n) is 3.53. The molecule has 5 nitrogen and oxygen atoms in total. The van der Waals surface area contributed by atoms with Crippen LogP contribution in [0, 0.1) is 0 Å². The first-order valence-electron chi connectivity index (χ1n) is 7.55. The second-order valence-electron chi connectivity index (χ2n) is 5.13. The summed E-state index contributed by atoms with van der Waals surface area (Å²) in [5.74, 6) is 0.566. The van der Waals surface area contributed by atoms with Gasteiger partial charge in [-0.3, -0.25) is 9.97 Å². The maximum atomic E-state index is 4.71. The van der Waals surface area contributed by atoms with Crippen LogP contribution in [0.15, 0.2) is 79.1 Å². The minimum absolute atomic E-state index is 0.566. The molecule has 4 aromatic rings. The predicted octanol–water partition coefficient (Wildman–Crippen LogP) is 3.66. The molecule has 3 aromatic heterocycles. The third kappa shape index (κ3) is 2.75. The van der Waals surface area contributed by atoms with Crippen LogP contribution in [0.25, 0.3) is 34.2 Å². The molecule has 0 saturated heterocycles. The van der Waals surface area contributed by atoms with Crippen molar-refractivity contribution in [2.75, 3.05) is 0 Å². The van der Waals surface area contributed by atoms with E-state index < -0.39 is 0 Å². The van der Waals surface area contributed by atoms with E-state index in [-0.39, 0.29) is 0 Å². The molecule has 0 saturated carbocycles. The van der Waals surface area contributed by atoms with Gasteiger partial charge in [0.2, 0.25) is 0 Å². The minimum atomic E-state index is 0.566. The van der Waals surface area contributed by atoms with Gasteiger partial charge in [-0.2, -0.15) is 0 Å². The largest absolute Gasteiger partial charge is 0.255 e. The van der Waals surface area contributed by atoms with Gasteiger partial charge in [-0.25, -0.2) is 4.98 Å². The van der Waals surface area contributed by atoms with E-state index in [2.05, 4.69) is 20.2 Å². The summed E-state index contributed by atoms with van der Waals surface area (Å²) in [6, 6.07) is 21.1. The lowest BCUT2D eigenvalue weighted by atomic mass is 10.1. The molecule has 0 bridgehead atoms. The Bertz CT molecular complexity index is 941. The van der Waals surface area contributed by atoms with Crippen molar-refractivity contribution in [2.24, 2.45) is 0 Å². The van der Waals surface area contributed by atoms with Crippen molar-refractivity contribution in [1.29, 1.82) is 0 Å². The van der Waals surface area contributed by atoms with Crippen molar-refractivity contribution in [3.63, 3.8) is 0 Å². The summed E-state index contributed by atoms with van der Waals surface area (Å²) >= 11 is 0. The van der Waals surface area contributed by atoms with Crippen molar-refractivity contribution in [1.82, 2.24) is 25.1 Å². The molecule has 0 unspecified atom stereocenters. The molecule has 0 spiro atoms. The van der Waals surface area contributed by atoms with Crippen LogP contribution in [0.2, 0.25) is 0 Å². The number of aromatic nitrogens is 5. The molecule has 0 N–H and O–H groups in total.